The number of likely N-dealkylation sites (tertiary alicyclic amines) is 1. The first-order chi connectivity index (χ1) is 9.56. The van der Waals surface area contributed by atoms with Gasteiger partial charge in [-0.05, 0) is 37.1 Å². The van der Waals surface area contributed by atoms with Crippen LogP contribution in [0.3, 0.4) is 0 Å². The van der Waals surface area contributed by atoms with Crippen molar-refractivity contribution in [3.63, 3.8) is 0 Å². The zero-order chi connectivity index (χ0) is 14.5. The highest BCUT2D eigenvalue weighted by Gasteiger charge is 2.32. The molecule has 0 aliphatic carbocycles. The molecule has 1 heterocycles. The monoisotopic (exact) mass is 280 g/mol. The maximum Gasteiger partial charge on any atom is 0.279 e. The van der Waals surface area contributed by atoms with Crippen molar-refractivity contribution in [2.75, 3.05) is 18.4 Å². The first-order valence-corrected chi connectivity index (χ1v) is 6.75. The van der Waals surface area contributed by atoms with Gasteiger partial charge < -0.3 is 16.0 Å². The highest BCUT2D eigenvalue weighted by molar-refractivity contribution is 5.91. The highest BCUT2D eigenvalue weighted by Crippen LogP contribution is 2.08. The van der Waals surface area contributed by atoms with E-state index in [1.54, 1.807) is 0 Å². The molecule has 2 amide bonds. The molecule has 4 N–H and O–H groups in total. The fraction of sp³-hybridized carbons (Fsp3) is 0.429. The Kier molecular flexibility index (Phi) is 4.68. The van der Waals surface area contributed by atoms with Crippen molar-refractivity contribution >= 4 is 17.5 Å². The number of hydrogen-bond donors (Lipinski definition) is 3. The van der Waals surface area contributed by atoms with Crippen LogP contribution in [0.25, 0.3) is 0 Å². The zero-order valence-electron chi connectivity index (χ0n) is 11.2. The molecule has 0 bridgehead atoms. The van der Waals surface area contributed by atoms with Gasteiger partial charge in [-0.25, -0.2) is 4.39 Å². The molecule has 6 heteroatoms. The Labute approximate surface area is 116 Å². The van der Waals surface area contributed by atoms with Gasteiger partial charge in [0.1, 0.15) is 5.82 Å². The molecule has 20 heavy (non-hydrogen) atoms. The summed E-state index contributed by atoms with van der Waals surface area (Å²) in [5.41, 5.74) is 5.91. The van der Waals surface area contributed by atoms with E-state index in [9.17, 15) is 14.0 Å². The fourth-order valence-electron chi connectivity index (χ4n) is 2.58. The number of nitrogens with one attached hydrogen (secondary N) is 2. The van der Waals surface area contributed by atoms with Gasteiger partial charge in [-0.2, -0.15) is 0 Å². The molecule has 0 saturated carbocycles. The number of benzene rings is 1. The number of carbonyl (C=O) groups is 2. The van der Waals surface area contributed by atoms with Crippen LogP contribution in [0.15, 0.2) is 24.3 Å². The van der Waals surface area contributed by atoms with Gasteiger partial charge in [-0.15, -0.1) is 0 Å². The van der Waals surface area contributed by atoms with Crippen molar-refractivity contribution in [1.29, 1.82) is 0 Å². The standard InChI is InChI=1S/C14H18FN3O2/c15-10-4-6-11(7-5-10)17-13(19)9-18-8-2-1-3-12(18)14(16)20/h4-7,12H,1-3,8-9H2,(H2,16,20)(H,17,19)/p+1/t12-/m0/s1. The number of anilines is 1. The minimum absolute atomic E-state index is 0.195. The molecule has 1 unspecified atom stereocenters. The summed E-state index contributed by atoms with van der Waals surface area (Å²) in [6, 6.07) is 5.29. The average molecular weight is 280 g/mol. The number of nitrogens with two attached hydrogens (primary N) is 1. The summed E-state index contributed by atoms with van der Waals surface area (Å²) < 4.78 is 12.8. The van der Waals surface area contributed by atoms with Crippen LogP contribution in [0.4, 0.5) is 10.1 Å². The van der Waals surface area contributed by atoms with E-state index >= 15 is 0 Å². The third-order valence-corrected chi connectivity index (χ3v) is 3.59. The Morgan fingerprint density at radius 3 is 2.65 bits per heavy atom. The third-order valence-electron chi connectivity index (χ3n) is 3.59. The van der Waals surface area contributed by atoms with Crippen molar-refractivity contribution in [1.82, 2.24) is 0 Å². The molecule has 1 aliphatic rings. The second kappa shape index (κ2) is 6.47. The number of hydrogen-bond acceptors (Lipinski definition) is 2. The van der Waals surface area contributed by atoms with Crippen LogP contribution < -0.4 is 16.0 Å². The molecule has 0 aromatic heterocycles. The lowest BCUT2D eigenvalue weighted by Crippen LogP contribution is -3.18. The molecular formula is C14H19FN3O2+. The molecule has 0 radical (unpaired) electrons. The van der Waals surface area contributed by atoms with Crippen LogP contribution in [-0.4, -0.2) is 30.9 Å². The number of piperidine rings is 1. The number of carbonyl (C=O) groups excluding carboxylic acids is 2. The molecule has 1 aliphatic heterocycles. The van der Waals surface area contributed by atoms with Crippen LogP contribution in [0.5, 0.6) is 0 Å². The van der Waals surface area contributed by atoms with Crippen molar-refractivity contribution in [2.24, 2.45) is 5.73 Å². The maximum atomic E-state index is 12.8. The van der Waals surface area contributed by atoms with Crippen molar-refractivity contribution in [3.8, 4) is 0 Å². The van der Waals surface area contributed by atoms with Gasteiger partial charge in [0.05, 0.1) is 6.54 Å². The second-order valence-electron chi connectivity index (χ2n) is 5.09. The van der Waals surface area contributed by atoms with E-state index in [0.29, 0.717) is 5.69 Å². The molecule has 2 rings (SSSR count). The number of quaternary nitrogens is 1. The Balaban J connectivity index is 1.92. The molecular weight excluding hydrogens is 261 g/mol. The van der Waals surface area contributed by atoms with Crippen LogP contribution >= 0.6 is 0 Å². The number of primary amides is 1. The van der Waals surface area contributed by atoms with Gasteiger partial charge in [0, 0.05) is 12.1 Å². The molecule has 1 fully saturated rings. The van der Waals surface area contributed by atoms with Gasteiger partial charge in [0.2, 0.25) is 0 Å². The molecule has 0 spiro atoms. The minimum atomic E-state index is -0.353. The van der Waals surface area contributed by atoms with E-state index in [1.807, 2.05) is 0 Å². The smallest absolute Gasteiger partial charge is 0.279 e. The SMILES string of the molecule is NC(=O)[C@@H]1CCCC[NH+]1CC(=O)Nc1ccc(F)cc1. The van der Waals surface area contributed by atoms with Gasteiger partial charge in [-0.3, -0.25) is 9.59 Å². The highest BCUT2D eigenvalue weighted by atomic mass is 19.1. The third kappa shape index (κ3) is 3.77. The van der Waals surface area contributed by atoms with E-state index in [1.165, 1.54) is 24.3 Å². The van der Waals surface area contributed by atoms with Gasteiger partial charge in [-0.1, -0.05) is 0 Å². The van der Waals surface area contributed by atoms with Crippen LogP contribution in [0.1, 0.15) is 19.3 Å². The number of rotatable bonds is 4. The Morgan fingerprint density at radius 1 is 1.30 bits per heavy atom. The predicted molar refractivity (Wildman–Crippen MR) is 72.6 cm³/mol. The predicted octanol–water partition coefficient (Wildman–Crippen LogP) is -0.313. The topological polar surface area (TPSA) is 76.6 Å². The average Bonchev–Trinajstić information content (AvgIpc) is 2.41. The van der Waals surface area contributed by atoms with E-state index in [0.717, 1.165) is 30.7 Å². The Morgan fingerprint density at radius 2 is 2.00 bits per heavy atom. The second-order valence-corrected chi connectivity index (χ2v) is 5.09. The van der Waals surface area contributed by atoms with Crippen LogP contribution in [0, 0.1) is 5.82 Å². The van der Waals surface area contributed by atoms with Gasteiger partial charge in [0.15, 0.2) is 12.6 Å². The first kappa shape index (κ1) is 14.5. The summed E-state index contributed by atoms with van der Waals surface area (Å²) in [4.78, 5) is 24.2. The molecule has 2 atom stereocenters. The van der Waals surface area contributed by atoms with E-state index < -0.39 is 0 Å². The normalized spacial score (nSPS) is 22.2. The van der Waals surface area contributed by atoms with Gasteiger partial charge in [0.25, 0.3) is 11.8 Å². The first-order valence-electron chi connectivity index (χ1n) is 6.75. The lowest BCUT2D eigenvalue weighted by molar-refractivity contribution is -0.913. The van der Waals surface area contributed by atoms with Crippen molar-refractivity contribution < 1.29 is 18.9 Å². The zero-order valence-corrected chi connectivity index (χ0v) is 11.2. The summed E-state index contributed by atoms with van der Waals surface area (Å²) in [7, 11) is 0. The Bertz CT molecular complexity index is 490. The summed E-state index contributed by atoms with van der Waals surface area (Å²) >= 11 is 0. The lowest BCUT2D eigenvalue weighted by Gasteiger charge is -2.29. The summed E-state index contributed by atoms with van der Waals surface area (Å²) in [5, 5.41) is 2.70. The quantitative estimate of drug-likeness (QED) is 0.707. The maximum absolute atomic E-state index is 12.8. The summed E-state index contributed by atoms with van der Waals surface area (Å²) in [6.45, 7) is 0.968. The summed E-state index contributed by atoms with van der Waals surface area (Å²) in [6.07, 6.45) is 2.69. The summed E-state index contributed by atoms with van der Waals surface area (Å²) in [5.74, 6) is -0.896. The van der Waals surface area contributed by atoms with Gasteiger partial charge >= 0.3 is 0 Å². The number of amides is 2. The molecule has 108 valence electrons. The Hall–Kier alpha value is -1.95. The largest absolute Gasteiger partial charge is 0.365 e. The number of halogens is 1. The van der Waals surface area contributed by atoms with E-state index in [2.05, 4.69) is 5.32 Å². The van der Waals surface area contributed by atoms with E-state index in [4.69, 9.17) is 5.73 Å². The molecule has 1 aromatic rings. The van der Waals surface area contributed by atoms with Crippen molar-refractivity contribution in [2.45, 2.75) is 25.3 Å². The molecule has 1 saturated heterocycles. The molecule has 1 aromatic carbocycles. The minimum Gasteiger partial charge on any atom is -0.365 e. The van der Waals surface area contributed by atoms with Crippen molar-refractivity contribution in [3.05, 3.63) is 30.1 Å². The van der Waals surface area contributed by atoms with Crippen LogP contribution in [0.2, 0.25) is 0 Å². The van der Waals surface area contributed by atoms with E-state index in [-0.39, 0.29) is 30.2 Å². The fourth-order valence-corrected chi connectivity index (χ4v) is 2.58. The molecule has 5 nitrogen and oxygen atoms in total. The van der Waals surface area contributed by atoms with Crippen LogP contribution in [-0.2, 0) is 9.59 Å². The lowest BCUT2D eigenvalue weighted by atomic mass is 10.0.